The predicted octanol–water partition coefficient (Wildman–Crippen LogP) is 2.63. The van der Waals surface area contributed by atoms with Crippen LogP contribution in [0.5, 0.6) is 0 Å². The Bertz CT molecular complexity index is 721. The molecule has 0 spiro atoms. The number of nitrogens with one attached hydrogen (secondary N) is 2. The molecule has 0 amide bonds. The molecule has 0 aliphatic carbocycles. The molecule has 1 heterocycles. The zero-order valence-electron chi connectivity index (χ0n) is 13.0. The van der Waals surface area contributed by atoms with Crippen LogP contribution in [0.3, 0.4) is 0 Å². The number of rotatable bonds is 6. The number of hydrogen-bond acceptors (Lipinski definition) is 3. The first kappa shape index (κ1) is 16.2. The highest BCUT2D eigenvalue weighted by Gasteiger charge is 2.17. The van der Waals surface area contributed by atoms with Crippen molar-refractivity contribution in [3.05, 3.63) is 54.6 Å². The van der Waals surface area contributed by atoms with E-state index in [4.69, 9.17) is 0 Å². The summed E-state index contributed by atoms with van der Waals surface area (Å²) in [6, 6.07) is 17.0. The van der Waals surface area contributed by atoms with Gasteiger partial charge in [0.25, 0.3) is 0 Å². The second kappa shape index (κ2) is 7.25. The van der Waals surface area contributed by atoms with Gasteiger partial charge >= 0.3 is 0 Å². The van der Waals surface area contributed by atoms with E-state index in [1.807, 2.05) is 42.5 Å². The molecule has 1 atom stereocenters. The molecule has 2 aromatic carbocycles. The molecule has 5 heteroatoms. The van der Waals surface area contributed by atoms with Gasteiger partial charge in [0.2, 0.25) is 10.0 Å². The molecule has 23 heavy (non-hydrogen) atoms. The first-order valence-corrected chi connectivity index (χ1v) is 9.49. The van der Waals surface area contributed by atoms with Crippen LogP contribution in [0, 0.1) is 5.92 Å². The van der Waals surface area contributed by atoms with Gasteiger partial charge in [-0.1, -0.05) is 42.5 Å². The maximum Gasteiger partial charge on any atom is 0.240 e. The van der Waals surface area contributed by atoms with Gasteiger partial charge in [-0.2, -0.15) is 0 Å². The van der Waals surface area contributed by atoms with E-state index in [1.165, 1.54) is 0 Å². The molecule has 4 nitrogen and oxygen atoms in total. The maximum absolute atomic E-state index is 12.3. The normalized spacial score (nSPS) is 18.2. The van der Waals surface area contributed by atoms with Crippen LogP contribution in [0.1, 0.15) is 12.8 Å². The van der Waals surface area contributed by atoms with Crippen molar-refractivity contribution in [3.63, 3.8) is 0 Å². The molecule has 0 bridgehead atoms. The lowest BCUT2D eigenvalue weighted by molar-refractivity contribution is 0.519. The minimum atomic E-state index is -3.42. The molecular weight excluding hydrogens is 308 g/mol. The van der Waals surface area contributed by atoms with Gasteiger partial charge in [-0.25, -0.2) is 13.1 Å². The minimum absolute atomic E-state index is 0.321. The zero-order chi connectivity index (χ0) is 16.1. The molecule has 3 rings (SSSR count). The largest absolute Gasteiger partial charge is 0.316 e. The first-order valence-electron chi connectivity index (χ1n) is 8.01. The summed E-state index contributed by atoms with van der Waals surface area (Å²) in [4.78, 5) is 0.321. The molecule has 2 N–H and O–H groups in total. The lowest BCUT2D eigenvalue weighted by Gasteiger charge is -2.10. The van der Waals surface area contributed by atoms with Crippen molar-refractivity contribution in [2.75, 3.05) is 19.6 Å². The smallest absolute Gasteiger partial charge is 0.240 e. The second-order valence-electron chi connectivity index (χ2n) is 5.94. The van der Waals surface area contributed by atoms with Crippen LogP contribution >= 0.6 is 0 Å². The molecular formula is C18H22N2O2S. The molecule has 1 aliphatic heterocycles. The summed E-state index contributed by atoms with van der Waals surface area (Å²) in [6.07, 6.45) is 2.02. The van der Waals surface area contributed by atoms with Crippen LogP contribution in [0.25, 0.3) is 11.1 Å². The Balaban J connectivity index is 1.63. The highest BCUT2D eigenvalue weighted by molar-refractivity contribution is 7.89. The summed E-state index contributed by atoms with van der Waals surface area (Å²) in [5.41, 5.74) is 2.10. The van der Waals surface area contributed by atoms with Gasteiger partial charge in [-0.15, -0.1) is 0 Å². The van der Waals surface area contributed by atoms with Crippen LogP contribution in [-0.2, 0) is 10.0 Å². The molecule has 0 aromatic heterocycles. The first-order chi connectivity index (χ1) is 11.1. The van der Waals surface area contributed by atoms with Crippen molar-refractivity contribution in [1.82, 2.24) is 10.0 Å². The Morgan fingerprint density at radius 3 is 2.35 bits per heavy atom. The van der Waals surface area contributed by atoms with Crippen LogP contribution in [0.2, 0.25) is 0 Å². The number of benzene rings is 2. The highest BCUT2D eigenvalue weighted by Crippen LogP contribution is 2.21. The lowest BCUT2D eigenvalue weighted by atomic mass is 10.1. The summed E-state index contributed by atoms with van der Waals surface area (Å²) in [6.45, 7) is 2.53. The molecule has 122 valence electrons. The van der Waals surface area contributed by atoms with Crippen LogP contribution in [-0.4, -0.2) is 28.1 Å². The van der Waals surface area contributed by atoms with Gasteiger partial charge in [0.05, 0.1) is 4.90 Å². The van der Waals surface area contributed by atoms with E-state index in [9.17, 15) is 8.42 Å². The van der Waals surface area contributed by atoms with Gasteiger partial charge in [0.15, 0.2) is 0 Å². The summed E-state index contributed by atoms with van der Waals surface area (Å²) in [5, 5.41) is 3.30. The van der Waals surface area contributed by atoms with Crippen molar-refractivity contribution in [2.45, 2.75) is 17.7 Å². The fourth-order valence-electron chi connectivity index (χ4n) is 2.90. The van der Waals surface area contributed by atoms with E-state index >= 15 is 0 Å². The average Bonchev–Trinajstić information content (AvgIpc) is 3.09. The highest BCUT2D eigenvalue weighted by atomic mass is 32.2. The maximum atomic E-state index is 12.3. The van der Waals surface area contributed by atoms with Crippen LogP contribution in [0.15, 0.2) is 59.5 Å². The Hall–Kier alpha value is -1.69. The van der Waals surface area contributed by atoms with Gasteiger partial charge in [-0.3, -0.25) is 0 Å². The third-order valence-electron chi connectivity index (χ3n) is 4.28. The quantitative estimate of drug-likeness (QED) is 0.856. The Labute approximate surface area is 138 Å². The molecule has 0 radical (unpaired) electrons. The standard InChI is InChI=1S/C18H22N2O2S/c21-23(22,20-13-11-15-10-12-19-14-15)18-8-6-17(7-9-18)16-4-2-1-3-5-16/h1-9,15,19-20H,10-14H2. The van der Waals surface area contributed by atoms with Crippen molar-refractivity contribution in [3.8, 4) is 11.1 Å². The molecule has 1 fully saturated rings. The van der Waals surface area contributed by atoms with E-state index in [0.717, 1.165) is 37.1 Å². The number of hydrogen-bond donors (Lipinski definition) is 2. The van der Waals surface area contributed by atoms with Crippen molar-refractivity contribution in [1.29, 1.82) is 0 Å². The van der Waals surface area contributed by atoms with E-state index in [0.29, 0.717) is 17.4 Å². The second-order valence-corrected chi connectivity index (χ2v) is 7.70. The third-order valence-corrected chi connectivity index (χ3v) is 5.76. The van der Waals surface area contributed by atoms with E-state index in [-0.39, 0.29) is 0 Å². The number of sulfonamides is 1. The van der Waals surface area contributed by atoms with E-state index in [2.05, 4.69) is 10.0 Å². The Kier molecular flexibility index (Phi) is 5.10. The van der Waals surface area contributed by atoms with Crippen molar-refractivity contribution in [2.24, 2.45) is 5.92 Å². The zero-order valence-corrected chi connectivity index (χ0v) is 13.9. The van der Waals surface area contributed by atoms with Crippen molar-refractivity contribution >= 4 is 10.0 Å². The third kappa shape index (κ3) is 4.19. The summed E-state index contributed by atoms with van der Waals surface area (Å²) < 4.78 is 27.4. The fraction of sp³-hybridized carbons (Fsp3) is 0.333. The Morgan fingerprint density at radius 1 is 1.00 bits per heavy atom. The van der Waals surface area contributed by atoms with E-state index in [1.54, 1.807) is 12.1 Å². The molecule has 0 saturated carbocycles. The molecule has 1 saturated heterocycles. The topological polar surface area (TPSA) is 58.2 Å². The molecule has 1 aliphatic rings. The van der Waals surface area contributed by atoms with Crippen LogP contribution < -0.4 is 10.0 Å². The summed E-state index contributed by atoms with van der Waals surface area (Å²) in [7, 11) is -3.42. The summed E-state index contributed by atoms with van der Waals surface area (Å²) >= 11 is 0. The van der Waals surface area contributed by atoms with Crippen LogP contribution in [0.4, 0.5) is 0 Å². The lowest BCUT2D eigenvalue weighted by Crippen LogP contribution is -2.26. The molecule has 1 unspecified atom stereocenters. The average molecular weight is 330 g/mol. The van der Waals surface area contributed by atoms with Gasteiger partial charge < -0.3 is 5.32 Å². The molecule has 2 aromatic rings. The summed E-state index contributed by atoms with van der Waals surface area (Å²) in [5.74, 6) is 0.582. The fourth-order valence-corrected chi connectivity index (χ4v) is 3.95. The predicted molar refractivity (Wildman–Crippen MR) is 92.7 cm³/mol. The van der Waals surface area contributed by atoms with Gasteiger partial charge in [-0.05, 0) is 55.1 Å². The van der Waals surface area contributed by atoms with Gasteiger partial charge in [0, 0.05) is 6.54 Å². The minimum Gasteiger partial charge on any atom is -0.316 e. The Morgan fingerprint density at radius 2 is 1.70 bits per heavy atom. The SMILES string of the molecule is O=S(=O)(NCCC1CCNC1)c1ccc(-c2ccccc2)cc1. The monoisotopic (exact) mass is 330 g/mol. The van der Waals surface area contributed by atoms with Gasteiger partial charge in [0.1, 0.15) is 0 Å². The van der Waals surface area contributed by atoms with Crippen molar-refractivity contribution < 1.29 is 8.42 Å². The van der Waals surface area contributed by atoms with E-state index < -0.39 is 10.0 Å².